The van der Waals surface area contributed by atoms with E-state index in [4.69, 9.17) is 24.7 Å². The largest absolute Gasteiger partial charge is 0.756 e. The number of rotatable bonds is 42. The van der Waals surface area contributed by atoms with Crippen LogP contribution in [0, 0.1) is 12.3 Å². The van der Waals surface area contributed by atoms with Crippen molar-refractivity contribution in [1.29, 1.82) is 0 Å². The predicted octanol–water partition coefficient (Wildman–Crippen LogP) is 12.7. The molecule has 0 aromatic rings. The maximum Gasteiger partial charge on any atom is 0.367 e. The molecule has 11 heteroatoms. The smallest absolute Gasteiger partial charge is 0.367 e. The lowest BCUT2D eigenvalue weighted by Crippen LogP contribution is -2.37. The molecular weight excluding hydrogens is 711 g/mol. The summed E-state index contributed by atoms with van der Waals surface area (Å²) in [5.41, 5.74) is 0. The molecule has 0 aliphatic carbocycles. The Balaban J connectivity index is 4.30. The van der Waals surface area contributed by atoms with E-state index in [0.717, 1.165) is 51.4 Å². The van der Waals surface area contributed by atoms with Gasteiger partial charge in [0, 0.05) is 13.0 Å². The van der Waals surface area contributed by atoms with E-state index in [1.54, 1.807) is 0 Å². The van der Waals surface area contributed by atoms with Gasteiger partial charge >= 0.3 is 7.68 Å². The summed E-state index contributed by atoms with van der Waals surface area (Å²) >= 11 is 0. The maximum atomic E-state index is 14.9. The molecule has 0 aliphatic heterocycles. The summed E-state index contributed by atoms with van der Waals surface area (Å²) in [5, 5.41) is 0. The molecule has 3 atom stereocenters. The quantitative estimate of drug-likeness (QED) is 0.0263. The van der Waals surface area contributed by atoms with Gasteiger partial charge in [-0.3, -0.25) is 9.13 Å². The minimum absolute atomic E-state index is 0.0138. The first-order chi connectivity index (χ1) is 25.4. The van der Waals surface area contributed by atoms with Crippen molar-refractivity contribution in [2.24, 2.45) is 0 Å². The standard InChI is InChI=1S/C42H84FNO7P2/c1-6-8-10-12-14-16-18-20-22-23-25-27-29-31-33-35-39-52(43,45)50-40-42(41-51-53(46,47)49-38-36-44(3,4)5)48-37-34-32-30-28-26-24-21-19-17-15-13-11-9-7-2/h1,42H,7-41H2,2-5H3. The van der Waals surface area contributed by atoms with Crippen LogP contribution in [0.5, 0.6) is 0 Å². The molecule has 0 saturated carbocycles. The average molecular weight is 796 g/mol. The van der Waals surface area contributed by atoms with Crippen molar-refractivity contribution < 1.29 is 41.0 Å². The fourth-order valence-corrected chi connectivity index (χ4v) is 8.09. The van der Waals surface area contributed by atoms with Crippen LogP contribution < -0.4 is 4.89 Å². The highest BCUT2D eigenvalue weighted by Crippen LogP contribution is 2.49. The molecule has 0 aliphatic rings. The van der Waals surface area contributed by atoms with Crippen molar-refractivity contribution in [3.05, 3.63) is 0 Å². The monoisotopic (exact) mass is 796 g/mol. The van der Waals surface area contributed by atoms with Gasteiger partial charge in [-0.05, 0) is 19.3 Å². The minimum Gasteiger partial charge on any atom is -0.756 e. The second kappa shape index (κ2) is 36.1. The zero-order chi connectivity index (χ0) is 39.4. The highest BCUT2D eigenvalue weighted by atomic mass is 31.2. The number of hydrogen-bond acceptors (Lipinski definition) is 7. The van der Waals surface area contributed by atoms with E-state index in [1.165, 1.54) is 128 Å². The Morgan fingerprint density at radius 3 is 1.42 bits per heavy atom. The number of ether oxygens (including phenoxy) is 1. The van der Waals surface area contributed by atoms with E-state index in [9.17, 15) is 18.2 Å². The van der Waals surface area contributed by atoms with Gasteiger partial charge in [-0.1, -0.05) is 167 Å². The van der Waals surface area contributed by atoms with Crippen molar-refractivity contribution in [2.45, 2.75) is 199 Å². The number of terminal acetylenes is 1. The van der Waals surface area contributed by atoms with Crippen LogP contribution in [0.2, 0.25) is 0 Å². The number of hydrogen-bond donors (Lipinski definition) is 0. The Bertz CT molecular complexity index is 943. The predicted molar refractivity (Wildman–Crippen MR) is 220 cm³/mol. The summed E-state index contributed by atoms with van der Waals surface area (Å²) in [5.74, 6) is 2.70. The molecular formula is C42H84FNO7P2. The minimum atomic E-state index is -4.58. The van der Waals surface area contributed by atoms with Gasteiger partial charge in [0.25, 0.3) is 7.82 Å². The van der Waals surface area contributed by atoms with Gasteiger partial charge in [0.1, 0.15) is 19.3 Å². The Morgan fingerprint density at radius 1 is 0.585 bits per heavy atom. The lowest BCUT2D eigenvalue weighted by atomic mass is 10.0. The van der Waals surface area contributed by atoms with Gasteiger partial charge in [0.2, 0.25) is 0 Å². The van der Waals surface area contributed by atoms with Crippen LogP contribution >= 0.6 is 15.5 Å². The van der Waals surface area contributed by atoms with Gasteiger partial charge in [-0.25, -0.2) is 0 Å². The molecule has 0 bridgehead atoms. The highest BCUT2D eigenvalue weighted by molar-refractivity contribution is 7.53. The van der Waals surface area contributed by atoms with E-state index in [2.05, 4.69) is 12.8 Å². The number of halogens is 1. The van der Waals surface area contributed by atoms with Gasteiger partial charge in [-0.15, -0.1) is 12.3 Å². The molecule has 316 valence electrons. The van der Waals surface area contributed by atoms with Crippen LogP contribution in [0.4, 0.5) is 4.20 Å². The van der Waals surface area contributed by atoms with Crippen LogP contribution in [0.3, 0.4) is 0 Å². The molecule has 0 amide bonds. The Hall–Kier alpha value is -0.290. The number of quaternary nitrogens is 1. The van der Waals surface area contributed by atoms with Crippen molar-refractivity contribution in [3.8, 4) is 12.3 Å². The SMILES string of the molecule is C#CCCCCCCCCCCCCCCCCP(=O)(F)OCC(COP(=O)([O-])OCC[N+](C)(C)C)OCCCCCCCCCCCCCCCC. The number of phosphoric acid groups is 1. The zero-order valence-corrected chi connectivity index (χ0v) is 36.8. The lowest BCUT2D eigenvalue weighted by molar-refractivity contribution is -0.870. The summed E-state index contributed by atoms with van der Waals surface area (Å²) in [7, 11) is -3.11. The van der Waals surface area contributed by atoms with Crippen LogP contribution in [-0.2, 0) is 27.4 Å². The molecule has 53 heavy (non-hydrogen) atoms. The van der Waals surface area contributed by atoms with Crippen molar-refractivity contribution in [2.75, 3.05) is 60.3 Å². The van der Waals surface area contributed by atoms with Gasteiger partial charge in [0.05, 0.1) is 40.5 Å². The van der Waals surface area contributed by atoms with E-state index >= 15 is 0 Å². The topological polar surface area (TPSA) is 94.1 Å². The maximum absolute atomic E-state index is 14.9. The Kier molecular flexibility index (Phi) is 35.9. The highest BCUT2D eigenvalue weighted by Gasteiger charge is 2.25. The fourth-order valence-electron chi connectivity index (χ4n) is 6.24. The first kappa shape index (κ1) is 52.7. The van der Waals surface area contributed by atoms with Crippen LogP contribution in [0.25, 0.3) is 0 Å². The molecule has 0 rings (SSSR count). The van der Waals surface area contributed by atoms with Crippen molar-refractivity contribution in [1.82, 2.24) is 0 Å². The molecule has 0 saturated heterocycles. The first-order valence-electron chi connectivity index (χ1n) is 21.8. The summed E-state index contributed by atoms with van der Waals surface area (Å²) in [4.78, 5) is 12.4. The Labute approximate surface area is 327 Å². The first-order valence-corrected chi connectivity index (χ1v) is 25.0. The van der Waals surface area contributed by atoms with Crippen LogP contribution in [0.1, 0.15) is 193 Å². The number of unbranched alkanes of at least 4 members (excludes halogenated alkanes) is 27. The molecule has 0 fully saturated rings. The summed E-state index contributed by atoms with van der Waals surface area (Å²) < 4.78 is 61.6. The average Bonchev–Trinajstić information content (AvgIpc) is 3.09. The molecule has 0 heterocycles. The molecule has 0 N–H and O–H groups in total. The summed E-state index contributed by atoms with van der Waals surface area (Å²) in [6, 6.07) is 0. The lowest BCUT2D eigenvalue weighted by Gasteiger charge is -2.28. The molecule has 0 radical (unpaired) electrons. The molecule has 0 aromatic heterocycles. The van der Waals surface area contributed by atoms with E-state index in [1.807, 2.05) is 21.1 Å². The van der Waals surface area contributed by atoms with Crippen LogP contribution in [-0.4, -0.2) is 70.9 Å². The second-order valence-corrected chi connectivity index (χ2v) is 19.5. The second-order valence-electron chi connectivity index (χ2n) is 16.2. The third-order valence-electron chi connectivity index (χ3n) is 9.73. The number of phosphoric ester groups is 1. The van der Waals surface area contributed by atoms with E-state index < -0.39 is 21.6 Å². The van der Waals surface area contributed by atoms with Gasteiger partial charge in [0.15, 0.2) is 0 Å². The summed E-state index contributed by atoms with van der Waals surface area (Å²) in [6.45, 7) is 2.38. The third-order valence-corrected chi connectivity index (χ3v) is 12.1. The van der Waals surface area contributed by atoms with E-state index in [-0.39, 0.29) is 26.0 Å². The van der Waals surface area contributed by atoms with Crippen molar-refractivity contribution in [3.63, 3.8) is 0 Å². The molecule has 0 aromatic carbocycles. The molecule has 8 nitrogen and oxygen atoms in total. The number of likely N-dealkylation sites (N-methyl/N-ethyl adjacent to an activating group) is 1. The van der Waals surface area contributed by atoms with Crippen LogP contribution in [0.15, 0.2) is 0 Å². The van der Waals surface area contributed by atoms with Gasteiger partial charge < -0.3 is 27.7 Å². The molecule has 0 spiro atoms. The third kappa shape index (κ3) is 41.2. The molecule has 3 unspecified atom stereocenters. The van der Waals surface area contributed by atoms with Gasteiger partial charge in [-0.2, -0.15) is 4.20 Å². The van der Waals surface area contributed by atoms with Crippen molar-refractivity contribution >= 4 is 15.5 Å². The Morgan fingerprint density at radius 2 is 0.981 bits per heavy atom. The normalized spacial score (nSPS) is 14.9. The number of nitrogens with zero attached hydrogens (tertiary/aromatic N) is 1. The zero-order valence-electron chi connectivity index (χ0n) is 35.0. The van der Waals surface area contributed by atoms with E-state index in [0.29, 0.717) is 24.1 Å². The summed E-state index contributed by atoms with van der Waals surface area (Å²) in [6.07, 6.45) is 38.6. The fraction of sp³-hybridized carbons (Fsp3) is 0.952.